The number of rotatable bonds is 5. The minimum Gasteiger partial charge on any atom is -0.384 e. The number of anilines is 1. The third-order valence-electron chi connectivity index (χ3n) is 4.61. The molecular formula is C20H28FN5OS. The molecule has 0 spiro atoms. The number of hydrogen-bond donors (Lipinski definition) is 4. The lowest BCUT2D eigenvalue weighted by atomic mass is 9.89. The van der Waals surface area contributed by atoms with E-state index in [0.717, 1.165) is 5.75 Å². The van der Waals surface area contributed by atoms with Gasteiger partial charge in [-0.25, -0.2) is 4.39 Å². The Kier molecular flexibility index (Phi) is 6.54. The zero-order valence-corrected chi connectivity index (χ0v) is 17.8. The number of allylic oxidation sites excluding steroid dienone is 1. The highest BCUT2D eigenvalue weighted by Crippen LogP contribution is 2.37. The Morgan fingerprint density at radius 1 is 1.43 bits per heavy atom. The van der Waals surface area contributed by atoms with Crippen molar-refractivity contribution in [3.05, 3.63) is 41.4 Å². The van der Waals surface area contributed by atoms with Crippen LogP contribution in [0.5, 0.6) is 0 Å². The van der Waals surface area contributed by atoms with E-state index in [0.29, 0.717) is 28.6 Å². The smallest absolute Gasteiger partial charge is 0.271 e. The highest BCUT2D eigenvalue weighted by molar-refractivity contribution is 8.13. The van der Waals surface area contributed by atoms with Crippen LogP contribution in [0.1, 0.15) is 39.7 Å². The lowest BCUT2D eigenvalue weighted by molar-refractivity contribution is -0.113. The molecule has 2 rings (SSSR count). The van der Waals surface area contributed by atoms with Crippen LogP contribution in [0.15, 0.2) is 35.0 Å². The van der Waals surface area contributed by atoms with E-state index in [1.54, 1.807) is 13.1 Å². The molecule has 1 aromatic carbocycles. The van der Waals surface area contributed by atoms with Gasteiger partial charge >= 0.3 is 0 Å². The Hall–Kier alpha value is -2.35. The zero-order chi connectivity index (χ0) is 21.1. The molecule has 1 atom stereocenters. The summed E-state index contributed by atoms with van der Waals surface area (Å²) in [6.45, 7) is 7.54. The van der Waals surface area contributed by atoms with Crippen molar-refractivity contribution in [3.63, 3.8) is 0 Å². The third kappa shape index (κ3) is 5.13. The van der Waals surface area contributed by atoms with Crippen LogP contribution in [0.4, 0.5) is 10.1 Å². The Morgan fingerprint density at radius 3 is 2.68 bits per heavy atom. The quantitative estimate of drug-likeness (QED) is 0.444. The molecule has 0 saturated heterocycles. The number of carbonyl (C=O) groups is 1. The molecule has 6 nitrogen and oxygen atoms in total. The number of carbonyl (C=O) groups excluding carboxylic acids is 1. The van der Waals surface area contributed by atoms with Crippen molar-refractivity contribution in [1.29, 1.82) is 5.41 Å². The number of thioether (sulfide) groups is 1. The van der Waals surface area contributed by atoms with Gasteiger partial charge in [-0.2, -0.15) is 0 Å². The number of likely N-dealkylation sites (N-methyl/N-ethyl adjacent to an activating group) is 1. The molecule has 1 aliphatic rings. The summed E-state index contributed by atoms with van der Waals surface area (Å²) in [5.74, 6) is -0.0343. The fraction of sp³-hybridized carbons (Fsp3) is 0.450. The molecule has 1 heterocycles. The number of nitrogens with two attached hydrogens (primary N) is 1. The summed E-state index contributed by atoms with van der Waals surface area (Å²) < 4.78 is 14.5. The average Bonchev–Trinajstić information content (AvgIpc) is 2.59. The summed E-state index contributed by atoms with van der Waals surface area (Å²) in [4.78, 5) is 17.1. The predicted molar refractivity (Wildman–Crippen MR) is 115 cm³/mol. The van der Waals surface area contributed by atoms with Gasteiger partial charge in [0.25, 0.3) is 5.91 Å². The normalized spacial score (nSPS) is 20.4. The topological polar surface area (TPSA) is 103 Å². The Bertz CT molecular complexity index is 843. The zero-order valence-electron chi connectivity index (χ0n) is 16.9. The molecule has 0 unspecified atom stereocenters. The van der Waals surface area contributed by atoms with E-state index < -0.39 is 11.4 Å². The van der Waals surface area contributed by atoms with E-state index in [9.17, 15) is 9.18 Å². The minimum absolute atomic E-state index is 0.258. The second-order valence-electron chi connectivity index (χ2n) is 7.94. The molecule has 152 valence electrons. The lowest BCUT2D eigenvalue weighted by Gasteiger charge is -2.30. The van der Waals surface area contributed by atoms with E-state index in [2.05, 4.69) is 15.6 Å². The summed E-state index contributed by atoms with van der Waals surface area (Å²) >= 11 is 1.45. The van der Waals surface area contributed by atoms with Gasteiger partial charge in [-0.05, 0) is 37.6 Å². The van der Waals surface area contributed by atoms with Crippen molar-refractivity contribution >= 4 is 34.2 Å². The van der Waals surface area contributed by atoms with Gasteiger partial charge in [0.2, 0.25) is 0 Å². The van der Waals surface area contributed by atoms with Gasteiger partial charge in [0.1, 0.15) is 11.5 Å². The summed E-state index contributed by atoms with van der Waals surface area (Å²) in [6, 6.07) is 4.43. The summed E-state index contributed by atoms with van der Waals surface area (Å²) in [5.41, 5.74) is 6.13. The summed E-state index contributed by atoms with van der Waals surface area (Å²) in [5, 5.41) is 14.1. The average molecular weight is 406 g/mol. The van der Waals surface area contributed by atoms with Crippen molar-refractivity contribution in [2.24, 2.45) is 16.1 Å². The molecule has 0 radical (unpaired) electrons. The number of nitrogens with one attached hydrogen (secondary N) is 3. The van der Waals surface area contributed by atoms with Crippen LogP contribution >= 0.6 is 11.8 Å². The standard InChI is InChI=1S/C20H28FN5OS/c1-19(2,3)16(22)11-15(24-5)17(27)25-12-6-7-14(21)13(10-12)20(4)8-9-28-18(23)26-20/h6-7,10-11,22,24H,8-9H2,1-5H3,(H2,23,26)(H,25,27)/b15-11-,22-16?/t20-/m0/s1. The van der Waals surface area contributed by atoms with E-state index in [1.165, 1.54) is 30.0 Å². The first-order valence-electron chi connectivity index (χ1n) is 9.04. The molecule has 28 heavy (non-hydrogen) atoms. The second kappa shape index (κ2) is 8.34. The predicted octanol–water partition coefficient (Wildman–Crippen LogP) is 3.60. The van der Waals surface area contributed by atoms with Gasteiger partial charge in [-0.15, -0.1) is 0 Å². The van der Waals surface area contributed by atoms with Crippen LogP contribution in [0, 0.1) is 16.6 Å². The first-order valence-corrected chi connectivity index (χ1v) is 10.0. The van der Waals surface area contributed by atoms with Gasteiger partial charge in [-0.1, -0.05) is 32.5 Å². The van der Waals surface area contributed by atoms with E-state index in [1.807, 2.05) is 27.7 Å². The third-order valence-corrected chi connectivity index (χ3v) is 5.41. The molecule has 1 amide bonds. The second-order valence-corrected chi connectivity index (χ2v) is 9.06. The molecule has 0 bridgehead atoms. The SMILES string of the molecule is CN/C(=C\C(=N)C(C)(C)C)C(=O)Nc1ccc(F)c([C@]2(C)CCSC(N)=N2)c1. The van der Waals surface area contributed by atoms with Crippen molar-refractivity contribution in [2.45, 2.75) is 39.7 Å². The maximum absolute atomic E-state index is 14.5. The number of aliphatic imine (C=N–C) groups is 1. The van der Waals surface area contributed by atoms with Crippen molar-refractivity contribution in [1.82, 2.24) is 5.32 Å². The Morgan fingerprint density at radius 2 is 2.11 bits per heavy atom. The Balaban J connectivity index is 2.30. The van der Waals surface area contributed by atoms with E-state index in [-0.39, 0.29) is 16.9 Å². The van der Waals surface area contributed by atoms with Gasteiger partial charge < -0.3 is 21.8 Å². The molecule has 8 heteroatoms. The maximum atomic E-state index is 14.5. The molecule has 0 aliphatic carbocycles. The first kappa shape index (κ1) is 21.9. The van der Waals surface area contributed by atoms with E-state index in [4.69, 9.17) is 11.1 Å². The molecular weight excluding hydrogens is 377 g/mol. The van der Waals surface area contributed by atoms with Crippen LogP contribution in [-0.4, -0.2) is 29.6 Å². The van der Waals surface area contributed by atoms with Crippen LogP contribution in [0.3, 0.4) is 0 Å². The number of amidine groups is 1. The van der Waals surface area contributed by atoms with Crippen LogP contribution in [-0.2, 0) is 10.3 Å². The summed E-state index contributed by atoms with van der Waals surface area (Å²) in [7, 11) is 1.62. The molecule has 1 aromatic rings. The number of nitrogens with zero attached hydrogens (tertiary/aromatic N) is 1. The molecule has 0 saturated carbocycles. The Labute approximate surface area is 169 Å². The molecule has 1 aliphatic heterocycles. The highest BCUT2D eigenvalue weighted by Gasteiger charge is 2.32. The molecule has 0 aromatic heterocycles. The van der Waals surface area contributed by atoms with Crippen LogP contribution in [0.25, 0.3) is 0 Å². The van der Waals surface area contributed by atoms with Crippen LogP contribution < -0.4 is 16.4 Å². The number of hydrogen-bond acceptors (Lipinski definition) is 6. The lowest BCUT2D eigenvalue weighted by Crippen LogP contribution is -2.30. The highest BCUT2D eigenvalue weighted by atomic mass is 32.2. The number of halogens is 1. The maximum Gasteiger partial charge on any atom is 0.271 e. The fourth-order valence-electron chi connectivity index (χ4n) is 2.71. The largest absolute Gasteiger partial charge is 0.384 e. The van der Waals surface area contributed by atoms with E-state index >= 15 is 0 Å². The van der Waals surface area contributed by atoms with Crippen molar-refractivity contribution in [2.75, 3.05) is 18.1 Å². The molecule has 5 N–H and O–H groups in total. The molecule has 0 fully saturated rings. The van der Waals surface area contributed by atoms with Crippen molar-refractivity contribution in [3.8, 4) is 0 Å². The van der Waals surface area contributed by atoms with Crippen LogP contribution in [0.2, 0.25) is 0 Å². The number of amides is 1. The number of benzene rings is 1. The fourth-order valence-corrected chi connectivity index (χ4v) is 3.68. The van der Waals surface area contributed by atoms with Gasteiger partial charge in [0.05, 0.1) is 5.54 Å². The van der Waals surface area contributed by atoms with Gasteiger partial charge in [0, 0.05) is 35.2 Å². The first-order chi connectivity index (χ1) is 13.0. The monoisotopic (exact) mass is 405 g/mol. The summed E-state index contributed by atoms with van der Waals surface area (Å²) in [6.07, 6.45) is 2.15. The minimum atomic E-state index is -0.768. The van der Waals surface area contributed by atoms with Gasteiger partial charge in [-0.3, -0.25) is 9.79 Å². The van der Waals surface area contributed by atoms with Crippen molar-refractivity contribution < 1.29 is 9.18 Å². The van der Waals surface area contributed by atoms with Gasteiger partial charge in [0.15, 0.2) is 5.17 Å².